The quantitative estimate of drug-likeness (QED) is 0.131. The number of rotatable bonds is 10. The van der Waals surface area contributed by atoms with Crippen molar-refractivity contribution >= 4 is 23.3 Å². The summed E-state index contributed by atoms with van der Waals surface area (Å²) in [5.74, 6) is -2.20. The Morgan fingerprint density at radius 1 is 0.949 bits per heavy atom. The van der Waals surface area contributed by atoms with Gasteiger partial charge >= 0.3 is 5.97 Å². The van der Waals surface area contributed by atoms with E-state index in [1.165, 1.54) is 13.0 Å². The Balaban J connectivity index is 1.40. The highest BCUT2D eigenvalue weighted by Crippen LogP contribution is 2.24. The van der Waals surface area contributed by atoms with E-state index in [1.807, 2.05) is 12.1 Å². The number of carbonyl (C=O) groups is 2. The largest absolute Gasteiger partial charge is 0.494 e. The number of benzene rings is 3. The monoisotopic (exact) mass is 533 g/mol. The normalized spacial score (nSPS) is 10.6. The third-order valence-corrected chi connectivity index (χ3v) is 5.69. The first-order valence-corrected chi connectivity index (χ1v) is 12.0. The van der Waals surface area contributed by atoms with Gasteiger partial charge in [0.2, 0.25) is 0 Å². The van der Waals surface area contributed by atoms with Gasteiger partial charge in [-0.05, 0) is 61.0 Å². The zero-order valence-corrected chi connectivity index (χ0v) is 20.9. The van der Waals surface area contributed by atoms with Gasteiger partial charge in [-0.15, -0.1) is 0 Å². The molecule has 0 bridgehead atoms. The summed E-state index contributed by atoms with van der Waals surface area (Å²) in [4.78, 5) is 36.7. The predicted molar refractivity (Wildman–Crippen MR) is 143 cm³/mol. The van der Waals surface area contributed by atoms with Crippen molar-refractivity contribution in [2.24, 2.45) is 0 Å². The lowest BCUT2D eigenvalue weighted by Crippen LogP contribution is -2.23. The standard InChI is InChI=1S/C29H25F2N3O5/c1-18(35)39-26-6-3-2-5-25(26)33-15-4-16-38-21-10-8-20(9-11-21)34-27(36)14-13-23(29(34)32)28(37)22-12-7-19(30)17-24(22)31/h2-3,5-14,17,33H,4,15-16,32H2,1H3. The minimum Gasteiger partial charge on any atom is -0.494 e. The second kappa shape index (κ2) is 12.0. The summed E-state index contributed by atoms with van der Waals surface area (Å²) in [6.07, 6.45) is 0.646. The molecule has 3 N–H and O–H groups in total. The van der Waals surface area contributed by atoms with Crippen LogP contribution < -0.4 is 26.1 Å². The first-order chi connectivity index (χ1) is 18.7. The van der Waals surface area contributed by atoms with Crippen molar-refractivity contribution < 1.29 is 27.8 Å². The number of ketones is 1. The van der Waals surface area contributed by atoms with Crippen molar-refractivity contribution in [1.82, 2.24) is 4.57 Å². The highest BCUT2D eigenvalue weighted by Gasteiger charge is 2.20. The van der Waals surface area contributed by atoms with Crippen molar-refractivity contribution in [1.29, 1.82) is 0 Å². The molecule has 0 fully saturated rings. The molecule has 0 aliphatic carbocycles. The lowest BCUT2D eigenvalue weighted by atomic mass is 10.0. The number of esters is 1. The van der Waals surface area contributed by atoms with E-state index in [9.17, 15) is 23.2 Å². The molecule has 0 aliphatic rings. The van der Waals surface area contributed by atoms with E-state index in [0.717, 1.165) is 22.8 Å². The van der Waals surface area contributed by atoms with Gasteiger partial charge in [0.05, 0.1) is 29.1 Å². The number of para-hydroxylation sites is 2. The minimum absolute atomic E-state index is 0.0942. The summed E-state index contributed by atoms with van der Waals surface area (Å²) < 4.78 is 39.5. The Bertz CT molecular complexity index is 1570. The Kier molecular flexibility index (Phi) is 8.35. The van der Waals surface area contributed by atoms with Gasteiger partial charge in [0, 0.05) is 25.6 Å². The summed E-state index contributed by atoms with van der Waals surface area (Å²) in [5.41, 5.74) is 6.28. The van der Waals surface area contributed by atoms with Crippen molar-refractivity contribution in [3.05, 3.63) is 112 Å². The lowest BCUT2D eigenvalue weighted by molar-refractivity contribution is -0.131. The molecular weight excluding hydrogens is 508 g/mol. The van der Waals surface area contributed by atoms with Gasteiger partial charge in [0.25, 0.3) is 5.56 Å². The summed E-state index contributed by atoms with van der Waals surface area (Å²) in [6, 6.07) is 18.6. The van der Waals surface area contributed by atoms with Crippen LogP contribution in [0.4, 0.5) is 20.3 Å². The molecule has 0 saturated carbocycles. The fourth-order valence-electron chi connectivity index (χ4n) is 3.86. The molecule has 0 spiro atoms. The van der Waals surface area contributed by atoms with Crippen LogP contribution in [0, 0.1) is 11.6 Å². The molecule has 0 saturated heterocycles. The van der Waals surface area contributed by atoms with Crippen LogP contribution in [0.5, 0.6) is 11.5 Å². The Labute approximate surface area is 222 Å². The van der Waals surface area contributed by atoms with Crippen LogP contribution in [0.25, 0.3) is 5.69 Å². The molecule has 0 atom stereocenters. The van der Waals surface area contributed by atoms with Crippen LogP contribution in [-0.2, 0) is 4.79 Å². The van der Waals surface area contributed by atoms with Gasteiger partial charge < -0.3 is 20.5 Å². The van der Waals surface area contributed by atoms with E-state index in [1.54, 1.807) is 36.4 Å². The number of nitrogens with zero attached hydrogens (tertiary/aromatic N) is 1. The molecular formula is C29H25F2N3O5. The lowest BCUT2D eigenvalue weighted by Gasteiger charge is -2.14. The summed E-state index contributed by atoms with van der Waals surface area (Å²) in [5, 5.41) is 3.20. The molecule has 1 aromatic heterocycles. The average Bonchev–Trinajstić information content (AvgIpc) is 2.90. The molecule has 200 valence electrons. The number of carbonyl (C=O) groups excluding carboxylic acids is 2. The zero-order valence-electron chi connectivity index (χ0n) is 20.9. The maximum Gasteiger partial charge on any atom is 0.308 e. The number of nitrogens with one attached hydrogen (secondary N) is 1. The molecule has 8 nitrogen and oxygen atoms in total. The third kappa shape index (κ3) is 6.48. The second-order valence-electron chi connectivity index (χ2n) is 8.47. The average molecular weight is 534 g/mol. The van der Waals surface area contributed by atoms with E-state index in [0.29, 0.717) is 48.5 Å². The third-order valence-electron chi connectivity index (χ3n) is 5.69. The molecule has 4 rings (SSSR count). The maximum absolute atomic E-state index is 14.2. The maximum atomic E-state index is 14.2. The van der Waals surface area contributed by atoms with Crippen LogP contribution in [0.1, 0.15) is 29.3 Å². The van der Waals surface area contributed by atoms with Gasteiger partial charge in [-0.1, -0.05) is 12.1 Å². The zero-order chi connectivity index (χ0) is 27.9. The van der Waals surface area contributed by atoms with Gasteiger partial charge in [0.1, 0.15) is 23.2 Å². The fourth-order valence-corrected chi connectivity index (χ4v) is 3.86. The number of ether oxygens (including phenoxy) is 2. The SMILES string of the molecule is CC(=O)Oc1ccccc1NCCCOc1ccc(-n2c(N)c(C(=O)c3ccc(F)cc3F)ccc2=O)cc1. The molecule has 0 unspecified atom stereocenters. The Hall–Kier alpha value is -4.99. The van der Waals surface area contributed by atoms with Crippen molar-refractivity contribution in [2.45, 2.75) is 13.3 Å². The number of nitrogens with two attached hydrogens (primary N) is 1. The summed E-state index contributed by atoms with van der Waals surface area (Å²) in [7, 11) is 0. The number of pyridine rings is 1. The molecule has 39 heavy (non-hydrogen) atoms. The number of nitrogen functional groups attached to an aromatic ring is 1. The minimum atomic E-state index is -1.03. The van der Waals surface area contributed by atoms with Crippen LogP contribution in [-0.4, -0.2) is 29.5 Å². The number of halogens is 2. The van der Waals surface area contributed by atoms with Crippen molar-refractivity contribution in [3.8, 4) is 17.2 Å². The van der Waals surface area contributed by atoms with Crippen molar-refractivity contribution in [2.75, 3.05) is 24.2 Å². The molecule has 0 radical (unpaired) electrons. The van der Waals surface area contributed by atoms with E-state index in [-0.39, 0.29) is 16.9 Å². The summed E-state index contributed by atoms with van der Waals surface area (Å²) in [6.45, 7) is 2.29. The van der Waals surface area contributed by atoms with E-state index >= 15 is 0 Å². The van der Waals surface area contributed by atoms with Gasteiger partial charge in [-0.3, -0.25) is 19.0 Å². The highest BCUT2D eigenvalue weighted by atomic mass is 19.1. The van der Waals surface area contributed by atoms with E-state index in [2.05, 4.69) is 5.32 Å². The molecule has 10 heteroatoms. The molecule has 0 aliphatic heterocycles. The Morgan fingerprint density at radius 2 is 1.67 bits per heavy atom. The summed E-state index contributed by atoms with van der Waals surface area (Å²) >= 11 is 0. The van der Waals surface area contributed by atoms with E-state index < -0.39 is 28.9 Å². The number of hydrogen-bond donors (Lipinski definition) is 2. The fraction of sp³-hybridized carbons (Fsp3) is 0.138. The Morgan fingerprint density at radius 3 is 2.38 bits per heavy atom. The first-order valence-electron chi connectivity index (χ1n) is 12.0. The topological polar surface area (TPSA) is 113 Å². The second-order valence-corrected chi connectivity index (χ2v) is 8.47. The predicted octanol–water partition coefficient (Wildman–Crippen LogP) is 4.74. The van der Waals surface area contributed by atoms with Crippen molar-refractivity contribution in [3.63, 3.8) is 0 Å². The van der Waals surface area contributed by atoms with Gasteiger partial charge in [-0.25, -0.2) is 8.78 Å². The van der Waals surface area contributed by atoms with Crippen LogP contribution in [0.2, 0.25) is 0 Å². The van der Waals surface area contributed by atoms with Crippen LogP contribution in [0.15, 0.2) is 83.7 Å². The number of hydrogen-bond acceptors (Lipinski definition) is 7. The number of aromatic nitrogens is 1. The molecule has 0 amide bonds. The van der Waals surface area contributed by atoms with E-state index in [4.69, 9.17) is 15.2 Å². The first kappa shape index (κ1) is 27.1. The smallest absolute Gasteiger partial charge is 0.308 e. The molecule has 4 aromatic rings. The molecule has 1 heterocycles. The van der Waals surface area contributed by atoms with Crippen LogP contribution >= 0.6 is 0 Å². The number of anilines is 2. The highest BCUT2D eigenvalue weighted by molar-refractivity contribution is 6.11. The molecule has 3 aromatic carbocycles. The van der Waals surface area contributed by atoms with Gasteiger partial charge in [0.15, 0.2) is 11.5 Å². The van der Waals surface area contributed by atoms with Crippen LogP contribution in [0.3, 0.4) is 0 Å². The van der Waals surface area contributed by atoms with Gasteiger partial charge in [-0.2, -0.15) is 0 Å².